The highest BCUT2D eigenvalue weighted by Crippen LogP contribution is 2.17. The van der Waals surface area contributed by atoms with Crippen LogP contribution in [0.1, 0.15) is 32.1 Å². The Morgan fingerprint density at radius 3 is 2.25 bits per heavy atom. The average molecular weight is 226 g/mol. The van der Waals surface area contributed by atoms with Crippen molar-refractivity contribution in [3.05, 3.63) is 0 Å². The molecule has 0 unspecified atom stereocenters. The Morgan fingerprint density at radius 2 is 1.69 bits per heavy atom. The van der Waals surface area contributed by atoms with E-state index in [9.17, 15) is 9.59 Å². The van der Waals surface area contributed by atoms with E-state index in [2.05, 4.69) is 5.32 Å². The molecule has 0 aromatic carbocycles. The van der Waals surface area contributed by atoms with Gasteiger partial charge in [0.25, 0.3) is 0 Å². The first kappa shape index (κ1) is 11.4. The normalized spacial score (nSPS) is 30.4. The van der Waals surface area contributed by atoms with Crippen molar-refractivity contribution < 1.29 is 14.7 Å². The molecule has 2 N–H and O–H groups in total. The van der Waals surface area contributed by atoms with E-state index in [-0.39, 0.29) is 11.9 Å². The molecule has 2 fully saturated rings. The van der Waals surface area contributed by atoms with Crippen molar-refractivity contribution in [3.63, 3.8) is 0 Å². The third-order valence-electron chi connectivity index (χ3n) is 3.41. The standard InChI is InChI=1S/C11H18N2O3/c14-10(13-6-2-1-3-7-13)8-4-5-9(12-8)11(15)16/h8-9,12H,1-7H2,(H,15,16)/t8-,9-/m0/s1. The first-order valence-electron chi connectivity index (χ1n) is 5.96. The monoisotopic (exact) mass is 226 g/mol. The molecule has 0 aliphatic carbocycles. The molecule has 2 heterocycles. The molecule has 2 saturated heterocycles. The van der Waals surface area contributed by atoms with Crippen LogP contribution < -0.4 is 5.32 Å². The fourth-order valence-electron chi connectivity index (χ4n) is 2.47. The summed E-state index contributed by atoms with van der Waals surface area (Å²) in [4.78, 5) is 24.7. The van der Waals surface area contributed by atoms with Gasteiger partial charge in [-0.2, -0.15) is 0 Å². The molecule has 5 nitrogen and oxygen atoms in total. The molecule has 2 aliphatic rings. The van der Waals surface area contributed by atoms with Crippen molar-refractivity contribution in [3.8, 4) is 0 Å². The van der Waals surface area contributed by atoms with Crippen molar-refractivity contribution in [1.29, 1.82) is 0 Å². The fourth-order valence-corrected chi connectivity index (χ4v) is 2.47. The van der Waals surface area contributed by atoms with E-state index in [1.165, 1.54) is 6.42 Å². The second-order valence-corrected chi connectivity index (χ2v) is 4.57. The summed E-state index contributed by atoms with van der Waals surface area (Å²) < 4.78 is 0. The number of likely N-dealkylation sites (tertiary alicyclic amines) is 1. The summed E-state index contributed by atoms with van der Waals surface area (Å²) in [6, 6.07) is -0.821. The van der Waals surface area contributed by atoms with Gasteiger partial charge in [0.2, 0.25) is 5.91 Å². The van der Waals surface area contributed by atoms with E-state index in [1.807, 2.05) is 4.90 Å². The van der Waals surface area contributed by atoms with Crippen molar-refractivity contribution in [2.75, 3.05) is 13.1 Å². The second-order valence-electron chi connectivity index (χ2n) is 4.57. The van der Waals surface area contributed by atoms with E-state index in [4.69, 9.17) is 5.11 Å². The number of carbonyl (C=O) groups excluding carboxylic acids is 1. The van der Waals surface area contributed by atoms with Crippen LogP contribution in [-0.2, 0) is 9.59 Å². The largest absolute Gasteiger partial charge is 0.480 e. The Labute approximate surface area is 94.8 Å². The van der Waals surface area contributed by atoms with Crippen LogP contribution in [0.5, 0.6) is 0 Å². The Bertz CT molecular complexity index is 287. The lowest BCUT2D eigenvalue weighted by atomic mass is 10.1. The molecule has 2 aliphatic heterocycles. The van der Waals surface area contributed by atoms with Gasteiger partial charge < -0.3 is 10.0 Å². The van der Waals surface area contributed by atoms with Crippen molar-refractivity contribution in [2.24, 2.45) is 0 Å². The number of rotatable bonds is 2. The minimum absolute atomic E-state index is 0.0865. The first-order chi connectivity index (χ1) is 7.68. The summed E-state index contributed by atoms with van der Waals surface area (Å²) in [6.45, 7) is 1.66. The number of nitrogens with one attached hydrogen (secondary N) is 1. The number of piperidine rings is 1. The molecule has 16 heavy (non-hydrogen) atoms. The quantitative estimate of drug-likeness (QED) is 0.706. The van der Waals surface area contributed by atoms with Gasteiger partial charge in [0.05, 0.1) is 6.04 Å². The lowest BCUT2D eigenvalue weighted by molar-refractivity contribution is -0.139. The van der Waals surface area contributed by atoms with E-state index >= 15 is 0 Å². The molecule has 5 heteroatoms. The van der Waals surface area contributed by atoms with Gasteiger partial charge in [0.15, 0.2) is 0 Å². The third kappa shape index (κ3) is 2.35. The molecule has 0 bridgehead atoms. The van der Waals surface area contributed by atoms with E-state index in [1.54, 1.807) is 0 Å². The van der Waals surface area contributed by atoms with E-state index < -0.39 is 12.0 Å². The third-order valence-corrected chi connectivity index (χ3v) is 3.41. The van der Waals surface area contributed by atoms with Crippen LogP contribution in [0, 0.1) is 0 Å². The number of hydrogen-bond donors (Lipinski definition) is 2. The molecule has 90 valence electrons. The Kier molecular flexibility index (Phi) is 3.43. The Hall–Kier alpha value is -1.10. The number of aliphatic carboxylic acids is 1. The zero-order valence-electron chi connectivity index (χ0n) is 9.32. The predicted molar refractivity (Wildman–Crippen MR) is 58.0 cm³/mol. The topological polar surface area (TPSA) is 69.6 Å². The number of nitrogens with zero attached hydrogens (tertiary/aromatic N) is 1. The maximum absolute atomic E-state index is 12.0. The zero-order valence-corrected chi connectivity index (χ0v) is 9.32. The summed E-state index contributed by atoms with van der Waals surface area (Å²) in [7, 11) is 0. The molecule has 0 spiro atoms. The van der Waals surface area contributed by atoms with Gasteiger partial charge in [-0.15, -0.1) is 0 Å². The highest BCUT2D eigenvalue weighted by atomic mass is 16.4. The highest BCUT2D eigenvalue weighted by molar-refractivity contribution is 5.84. The molecule has 0 aromatic rings. The van der Waals surface area contributed by atoms with Crippen LogP contribution in [0.25, 0.3) is 0 Å². The van der Waals surface area contributed by atoms with Crippen LogP contribution in [0.2, 0.25) is 0 Å². The molecule has 1 amide bonds. The SMILES string of the molecule is O=C(O)[C@@H]1CC[C@@H](C(=O)N2CCCCC2)N1. The van der Waals surface area contributed by atoms with Crippen LogP contribution in [-0.4, -0.2) is 47.1 Å². The van der Waals surface area contributed by atoms with Crippen molar-refractivity contribution >= 4 is 11.9 Å². The van der Waals surface area contributed by atoms with Gasteiger partial charge in [-0.3, -0.25) is 14.9 Å². The Balaban J connectivity index is 1.88. The van der Waals surface area contributed by atoms with E-state index in [0.29, 0.717) is 12.8 Å². The number of carboxylic acid groups (broad SMARTS) is 1. The van der Waals surface area contributed by atoms with Crippen LogP contribution >= 0.6 is 0 Å². The summed E-state index contributed by atoms with van der Waals surface area (Å²) in [5, 5.41) is 11.7. The maximum atomic E-state index is 12.0. The molecule has 2 atom stereocenters. The van der Waals surface area contributed by atoms with E-state index in [0.717, 1.165) is 25.9 Å². The van der Waals surface area contributed by atoms with Crippen molar-refractivity contribution in [2.45, 2.75) is 44.2 Å². The van der Waals surface area contributed by atoms with Crippen LogP contribution in [0.4, 0.5) is 0 Å². The van der Waals surface area contributed by atoms with Gasteiger partial charge in [-0.1, -0.05) is 0 Å². The molecule has 0 radical (unpaired) electrons. The molecule has 0 saturated carbocycles. The first-order valence-corrected chi connectivity index (χ1v) is 5.96. The molecular formula is C11H18N2O3. The minimum Gasteiger partial charge on any atom is -0.480 e. The second kappa shape index (κ2) is 4.82. The molecular weight excluding hydrogens is 208 g/mol. The summed E-state index contributed by atoms with van der Waals surface area (Å²) in [6.07, 6.45) is 4.53. The number of amides is 1. The number of carbonyl (C=O) groups is 2. The predicted octanol–water partition coefficient (Wildman–Crippen LogP) is 0.204. The number of carboxylic acids is 1. The maximum Gasteiger partial charge on any atom is 0.320 e. The lowest BCUT2D eigenvalue weighted by Gasteiger charge is -2.29. The van der Waals surface area contributed by atoms with Gasteiger partial charge in [0.1, 0.15) is 6.04 Å². The van der Waals surface area contributed by atoms with Gasteiger partial charge in [-0.05, 0) is 32.1 Å². The van der Waals surface area contributed by atoms with Gasteiger partial charge >= 0.3 is 5.97 Å². The number of hydrogen-bond acceptors (Lipinski definition) is 3. The average Bonchev–Trinajstić information content (AvgIpc) is 2.78. The summed E-state index contributed by atoms with van der Waals surface area (Å²) >= 11 is 0. The summed E-state index contributed by atoms with van der Waals surface area (Å²) in [5.74, 6) is -0.766. The highest BCUT2D eigenvalue weighted by Gasteiger charge is 2.35. The van der Waals surface area contributed by atoms with Gasteiger partial charge in [0, 0.05) is 13.1 Å². The van der Waals surface area contributed by atoms with Gasteiger partial charge in [-0.25, -0.2) is 0 Å². The Morgan fingerprint density at radius 1 is 1.06 bits per heavy atom. The zero-order chi connectivity index (χ0) is 11.5. The molecule has 0 aromatic heterocycles. The van der Waals surface area contributed by atoms with Crippen molar-refractivity contribution in [1.82, 2.24) is 10.2 Å². The van der Waals surface area contributed by atoms with Crippen LogP contribution in [0.3, 0.4) is 0 Å². The fraction of sp³-hybridized carbons (Fsp3) is 0.818. The smallest absolute Gasteiger partial charge is 0.320 e. The lowest BCUT2D eigenvalue weighted by Crippen LogP contribution is -2.48. The minimum atomic E-state index is -0.853. The van der Waals surface area contributed by atoms with Crippen LogP contribution in [0.15, 0.2) is 0 Å². The summed E-state index contributed by atoms with van der Waals surface area (Å²) in [5.41, 5.74) is 0. The molecule has 2 rings (SSSR count).